The fraction of sp³-hybridized carbons (Fsp3) is 0.0714. The molecule has 110 valence electrons. The van der Waals surface area contributed by atoms with Crippen molar-refractivity contribution in [2.75, 3.05) is 0 Å². The van der Waals surface area contributed by atoms with Crippen molar-refractivity contribution < 1.29 is 18.3 Å². The van der Waals surface area contributed by atoms with Gasteiger partial charge in [0, 0.05) is 5.02 Å². The van der Waals surface area contributed by atoms with Crippen LogP contribution in [0.2, 0.25) is 5.02 Å². The third kappa shape index (κ3) is 3.81. The Morgan fingerprint density at radius 3 is 2.14 bits per heavy atom. The number of carboxylic acids is 1. The standard InChI is InChI=1S/C14H12ClNO4S/c15-11-8-6-10(7-9-11)13(14(17)18)16-21(19,20)12-4-2-1-3-5-12/h1-9,13,16H,(H,17,18). The van der Waals surface area contributed by atoms with Crippen LogP contribution >= 0.6 is 11.6 Å². The van der Waals surface area contributed by atoms with Crippen LogP contribution in [0.3, 0.4) is 0 Å². The Balaban J connectivity index is 2.33. The molecule has 0 fully saturated rings. The summed E-state index contributed by atoms with van der Waals surface area (Å²) in [5.74, 6) is -1.29. The summed E-state index contributed by atoms with van der Waals surface area (Å²) < 4.78 is 26.5. The van der Waals surface area contributed by atoms with Gasteiger partial charge in [0.2, 0.25) is 10.0 Å². The first-order valence-electron chi connectivity index (χ1n) is 5.96. The Morgan fingerprint density at radius 1 is 1.05 bits per heavy atom. The third-order valence-corrected chi connectivity index (χ3v) is 4.47. The van der Waals surface area contributed by atoms with Crippen LogP contribution in [0.1, 0.15) is 11.6 Å². The van der Waals surface area contributed by atoms with Gasteiger partial charge >= 0.3 is 5.97 Å². The van der Waals surface area contributed by atoms with Crippen LogP contribution in [0.5, 0.6) is 0 Å². The van der Waals surface area contributed by atoms with Crippen LogP contribution in [-0.4, -0.2) is 19.5 Å². The number of benzene rings is 2. The lowest BCUT2D eigenvalue weighted by Crippen LogP contribution is -2.33. The molecule has 0 aliphatic heterocycles. The van der Waals surface area contributed by atoms with Gasteiger partial charge < -0.3 is 5.11 Å². The summed E-state index contributed by atoms with van der Waals surface area (Å²) in [4.78, 5) is 11.3. The fourth-order valence-corrected chi connectivity index (χ4v) is 3.06. The zero-order valence-corrected chi connectivity index (χ0v) is 12.3. The lowest BCUT2D eigenvalue weighted by Gasteiger charge is -2.15. The van der Waals surface area contributed by atoms with E-state index < -0.39 is 22.0 Å². The molecule has 0 aromatic heterocycles. The van der Waals surface area contributed by atoms with Gasteiger partial charge in [-0.2, -0.15) is 4.72 Å². The SMILES string of the molecule is O=C(O)C(NS(=O)(=O)c1ccccc1)c1ccc(Cl)cc1. The molecule has 2 aromatic carbocycles. The summed E-state index contributed by atoms with van der Waals surface area (Å²) >= 11 is 5.74. The van der Waals surface area contributed by atoms with E-state index in [4.69, 9.17) is 11.6 Å². The second-order valence-electron chi connectivity index (χ2n) is 4.26. The number of aliphatic carboxylic acids is 1. The van der Waals surface area contributed by atoms with Crippen LogP contribution in [0.25, 0.3) is 0 Å². The van der Waals surface area contributed by atoms with Gasteiger partial charge in [-0.25, -0.2) is 8.42 Å². The van der Waals surface area contributed by atoms with Crippen molar-refractivity contribution in [3.63, 3.8) is 0 Å². The topological polar surface area (TPSA) is 83.5 Å². The number of nitrogens with one attached hydrogen (secondary N) is 1. The van der Waals surface area contributed by atoms with Crippen molar-refractivity contribution in [2.24, 2.45) is 0 Å². The molecule has 21 heavy (non-hydrogen) atoms. The summed E-state index contributed by atoms with van der Waals surface area (Å²) in [5.41, 5.74) is 0.298. The summed E-state index contributed by atoms with van der Waals surface area (Å²) in [6.07, 6.45) is 0. The molecular weight excluding hydrogens is 314 g/mol. The quantitative estimate of drug-likeness (QED) is 0.884. The molecule has 0 spiro atoms. The average molecular weight is 326 g/mol. The van der Waals surface area contributed by atoms with Gasteiger partial charge in [-0.15, -0.1) is 0 Å². The number of sulfonamides is 1. The van der Waals surface area contributed by atoms with Gasteiger partial charge in [0.05, 0.1) is 4.90 Å². The van der Waals surface area contributed by atoms with Gasteiger partial charge in [0.15, 0.2) is 0 Å². The van der Waals surface area contributed by atoms with Crippen LogP contribution < -0.4 is 4.72 Å². The highest BCUT2D eigenvalue weighted by atomic mass is 35.5. The van der Waals surface area contributed by atoms with Crippen molar-refractivity contribution in [2.45, 2.75) is 10.9 Å². The van der Waals surface area contributed by atoms with Crippen molar-refractivity contribution in [1.29, 1.82) is 0 Å². The van der Waals surface area contributed by atoms with Gasteiger partial charge in [0.25, 0.3) is 0 Å². The normalized spacial score (nSPS) is 12.8. The zero-order chi connectivity index (χ0) is 15.5. The fourth-order valence-electron chi connectivity index (χ4n) is 1.74. The Morgan fingerprint density at radius 2 is 1.62 bits per heavy atom. The summed E-state index contributed by atoms with van der Waals surface area (Å²) in [7, 11) is -3.93. The predicted octanol–water partition coefficient (Wildman–Crippen LogP) is 2.44. The summed E-state index contributed by atoms with van der Waals surface area (Å²) in [6, 6.07) is 12.1. The summed E-state index contributed by atoms with van der Waals surface area (Å²) in [6.45, 7) is 0. The zero-order valence-electron chi connectivity index (χ0n) is 10.7. The van der Waals surface area contributed by atoms with Gasteiger partial charge in [-0.3, -0.25) is 4.79 Å². The first-order chi connectivity index (χ1) is 9.90. The lowest BCUT2D eigenvalue weighted by molar-refractivity contribution is -0.139. The second kappa shape index (κ2) is 6.26. The van der Waals surface area contributed by atoms with Gasteiger partial charge in [0.1, 0.15) is 6.04 Å². The number of rotatable bonds is 5. The molecule has 0 saturated heterocycles. The largest absolute Gasteiger partial charge is 0.480 e. The van der Waals surface area contributed by atoms with E-state index in [2.05, 4.69) is 4.72 Å². The molecular formula is C14H12ClNO4S. The smallest absolute Gasteiger partial charge is 0.326 e. The number of hydrogen-bond donors (Lipinski definition) is 2. The van der Waals surface area contributed by atoms with E-state index in [1.165, 1.54) is 36.4 Å². The van der Waals surface area contributed by atoms with E-state index >= 15 is 0 Å². The highest BCUT2D eigenvalue weighted by Gasteiger charge is 2.26. The maximum Gasteiger partial charge on any atom is 0.326 e. The van der Waals surface area contributed by atoms with Crippen LogP contribution in [-0.2, 0) is 14.8 Å². The number of carboxylic acid groups (broad SMARTS) is 1. The van der Waals surface area contributed by atoms with E-state index in [1.807, 2.05) is 0 Å². The van der Waals surface area contributed by atoms with Crippen LogP contribution in [0.4, 0.5) is 0 Å². The van der Waals surface area contributed by atoms with Crippen molar-refractivity contribution in [3.8, 4) is 0 Å². The number of halogens is 1. The lowest BCUT2D eigenvalue weighted by atomic mass is 10.1. The minimum Gasteiger partial charge on any atom is -0.480 e. The minimum atomic E-state index is -3.93. The van der Waals surface area contributed by atoms with Crippen molar-refractivity contribution >= 4 is 27.6 Å². The molecule has 2 N–H and O–H groups in total. The molecule has 2 rings (SSSR count). The van der Waals surface area contributed by atoms with Crippen molar-refractivity contribution in [1.82, 2.24) is 4.72 Å². The van der Waals surface area contributed by atoms with E-state index in [0.717, 1.165) is 0 Å². The Labute approximate surface area is 127 Å². The Kier molecular flexibility index (Phi) is 4.62. The van der Waals surface area contributed by atoms with E-state index in [0.29, 0.717) is 10.6 Å². The number of carbonyl (C=O) groups is 1. The summed E-state index contributed by atoms with van der Waals surface area (Å²) in [5, 5.41) is 9.69. The molecule has 0 heterocycles. The first-order valence-corrected chi connectivity index (χ1v) is 7.82. The molecule has 1 atom stereocenters. The van der Waals surface area contributed by atoms with E-state index in [-0.39, 0.29) is 4.90 Å². The van der Waals surface area contributed by atoms with Gasteiger partial charge in [-0.1, -0.05) is 41.9 Å². The Bertz CT molecular complexity index is 729. The molecule has 0 amide bonds. The van der Waals surface area contributed by atoms with Crippen LogP contribution in [0, 0.1) is 0 Å². The molecule has 1 unspecified atom stereocenters. The Hall–Kier alpha value is -1.89. The van der Waals surface area contributed by atoms with Crippen molar-refractivity contribution in [3.05, 3.63) is 65.2 Å². The maximum absolute atomic E-state index is 12.2. The van der Waals surface area contributed by atoms with E-state index in [1.54, 1.807) is 18.2 Å². The average Bonchev–Trinajstić information content (AvgIpc) is 2.47. The van der Waals surface area contributed by atoms with Gasteiger partial charge in [-0.05, 0) is 29.8 Å². The molecule has 0 saturated carbocycles. The third-order valence-electron chi connectivity index (χ3n) is 2.78. The predicted molar refractivity (Wildman–Crippen MR) is 78.6 cm³/mol. The monoisotopic (exact) mass is 325 g/mol. The molecule has 0 aliphatic rings. The highest BCUT2D eigenvalue weighted by molar-refractivity contribution is 7.89. The maximum atomic E-state index is 12.2. The molecule has 0 bridgehead atoms. The minimum absolute atomic E-state index is 0.00483. The first kappa shape index (κ1) is 15.5. The molecule has 5 nitrogen and oxygen atoms in total. The molecule has 7 heteroatoms. The van der Waals surface area contributed by atoms with E-state index in [9.17, 15) is 18.3 Å². The second-order valence-corrected chi connectivity index (χ2v) is 6.41. The molecule has 0 radical (unpaired) electrons. The van der Waals surface area contributed by atoms with Crippen LogP contribution in [0.15, 0.2) is 59.5 Å². The molecule has 2 aromatic rings. The molecule has 0 aliphatic carbocycles. The number of hydrogen-bond acceptors (Lipinski definition) is 3. The highest BCUT2D eigenvalue weighted by Crippen LogP contribution is 2.19.